The molecular weight excluding hydrogens is 506 g/mol. The van der Waals surface area contributed by atoms with Crippen LogP contribution in [0.4, 0.5) is 11.4 Å². The molecule has 0 unspecified atom stereocenters. The number of benzene rings is 3. The molecule has 0 radical (unpaired) electrons. The van der Waals surface area contributed by atoms with Crippen molar-refractivity contribution < 1.29 is 28.2 Å². The Morgan fingerprint density at radius 3 is 2.31 bits per heavy atom. The summed E-state index contributed by atoms with van der Waals surface area (Å²) in [5.74, 6) is -0.0451. The fourth-order valence-electron chi connectivity index (χ4n) is 3.49. The van der Waals surface area contributed by atoms with E-state index in [0.29, 0.717) is 27.6 Å². The Bertz CT molecular complexity index is 1320. The number of phenols is 1. The van der Waals surface area contributed by atoms with E-state index in [1.807, 2.05) is 0 Å². The quantitative estimate of drug-likeness (QED) is 0.251. The van der Waals surface area contributed by atoms with Crippen molar-refractivity contribution in [3.63, 3.8) is 0 Å². The summed E-state index contributed by atoms with van der Waals surface area (Å²) in [5.41, 5.74) is 0.153. The molecule has 1 amide bonds. The number of methoxy groups -OCH3 is 1. The molecule has 11 heteroatoms. The summed E-state index contributed by atoms with van der Waals surface area (Å²) < 4.78 is 30.6. The highest BCUT2D eigenvalue weighted by Crippen LogP contribution is 2.30. The Morgan fingerprint density at radius 2 is 1.72 bits per heavy atom. The van der Waals surface area contributed by atoms with Gasteiger partial charge in [0.15, 0.2) is 0 Å². The first-order valence-electron chi connectivity index (χ1n) is 10.9. The third-order valence-corrected chi connectivity index (χ3v) is 6.42. The first-order valence-corrected chi connectivity index (χ1v) is 13.1. The zero-order valence-electron chi connectivity index (χ0n) is 19.9. The van der Waals surface area contributed by atoms with E-state index in [1.54, 1.807) is 62.6 Å². The maximum Gasteiger partial charge on any atom is 0.249 e. The molecule has 3 aromatic rings. The SMILES string of the molecule is COc1ccc([C@@](C)(NC[C@@H](O)c2ccc(O)c(NS(C)(=O)=O)c2)C(=O)Nc2ccc(Cl)cc2)cc1. The van der Waals surface area contributed by atoms with E-state index in [1.165, 1.54) is 18.2 Å². The van der Waals surface area contributed by atoms with Gasteiger partial charge in [-0.15, -0.1) is 0 Å². The smallest absolute Gasteiger partial charge is 0.249 e. The zero-order valence-corrected chi connectivity index (χ0v) is 21.5. The maximum absolute atomic E-state index is 13.4. The van der Waals surface area contributed by atoms with E-state index >= 15 is 0 Å². The van der Waals surface area contributed by atoms with E-state index in [0.717, 1.165) is 6.26 Å². The molecule has 0 saturated carbocycles. The van der Waals surface area contributed by atoms with Crippen LogP contribution in [0.25, 0.3) is 0 Å². The van der Waals surface area contributed by atoms with Crippen molar-refractivity contribution in [3.05, 3.63) is 82.9 Å². The van der Waals surface area contributed by atoms with Gasteiger partial charge in [-0.3, -0.25) is 14.8 Å². The van der Waals surface area contributed by atoms with Crippen molar-refractivity contribution in [3.8, 4) is 11.5 Å². The molecular formula is C25H28ClN3O6S. The second kappa shape index (κ2) is 11.2. The van der Waals surface area contributed by atoms with Gasteiger partial charge in [-0.2, -0.15) is 0 Å². The minimum Gasteiger partial charge on any atom is -0.506 e. The van der Waals surface area contributed by atoms with Gasteiger partial charge in [-0.1, -0.05) is 29.8 Å². The Morgan fingerprint density at radius 1 is 1.08 bits per heavy atom. The number of amides is 1. The predicted molar refractivity (Wildman–Crippen MR) is 140 cm³/mol. The largest absolute Gasteiger partial charge is 0.506 e. The van der Waals surface area contributed by atoms with Crippen molar-refractivity contribution in [2.45, 2.75) is 18.6 Å². The molecule has 0 aromatic heterocycles. The Hall–Kier alpha value is -3.31. The molecule has 0 aliphatic carbocycles. The molecule has 192 valence electrons. The molecule has 3 aromatic carbocycles. The number of hydrogen-bond donors (Lipinski definition) is 5. The molecule has 0 aliphatic heterocycles. The number of carbonyl (C=O) groups is 1. The number of halogens is 1. The minimum absolute atomic E-state index is 0.0625. The van der Waals surface area contributed by atoms with Crippen molar-refractivity contribution in [1.29, 1.82) is 0 Å². The molecule has 2 atom stereocenters. The van der Waals surface area contributed by atoms with Crippen LogP contribution >= 0.6 is 11.6 Å². The molecule has 0 spiro atoms. The summed E-state index contributed by atoms with van der Waals surface area (Å²) in [6.07, 6.45) is -0.178. The number of ether oxygens (including phenoxy) is 1. The minimum atomic E-state index is -3.64. The van der Waals surface area contributed by atoms with Crippen LogP contribution in [0.5, 0.6) is 11.5 Å². The summed E-state index contributed by atoms with van der Waals surface area (Å²) >= 11 is 5.94. The number of aliphatic hydroxyl groups excluding tert-OH is 1. The number of carbonyl (C=O) groups excluding carboxylic acids is 1. The van der Waals surface area contributed by atoms with Gasteiger partial charge in [0.2, 0.25) is 15.9 Å². The monoisotopic (exact) mass is 533 g/mol. The molecule has 0 saturated heterocycles. The normalized spacial score (nSPS) is 13.9. The Balaban J connectivity index is 1.86. The number of hydrogen-bond acceptors (Lipinski definition) is 7. The average Bonchev–Trinajstić information content (AvgIpc) is 2.84. The highest BCUT2D eigenvalue weighted by Gasteiger charge is 2.35. The molecule has 9 nitrogen and oxygen atoms in total. The van der Waals surface area contributed by atoms with Crippen LogP contribution in [0.1, 0.15) is 24.2 Å². The van der Waals surface area contributed by atoms with E-state index in [4.69, 9.17) is 16.3 Å². The van der Waals surface area contributed by atoms with Crippen LogP contribution in [-0.2, 0) is 20.4 Å². The lowest BCUT2D eigenvalue weighted by atomic mass is 9.90. The lowest BCUT2D eigenvalue weighted by Crippen LogP contribution is -2.50. The van der Waals surface area contributed by atoms with Gasteiger partial charge >= 0.3 is 0 Å². The molecule has 3 rings (SSSR count). The van der Waals surface area contributed by atoms with Crippen LogP contribution < -0.4 is 20.1 Å². The zero-order chi connectivity index (χ0) is 26.5. The molecule has 0 heterocycles. The third kappa shape index (κ3) is 6.88. The summed E-state index contributed by atoms with van der Waals surface area (Å²) in [7, 11) is -2.10. The average molecular weight is 534 g/mol. The number of rotatable bonds is 10. The van der Waals surface area contributed by atoms with Gasteiger partial charge in [0.1, 0.15) is 17.0 Å². The number of phenolic OH excluding ortho intramolecular Hbond substituents is 1. The van der Waals surface area contributed by atoms with Crippen LogP contribution in [0.3, 0.4) is 0 Å². The van der Waals surface area contributed by atoms with Gasteiger partial charge in [0.05, 0.1) is 25.2 Å². The molecule has 0 aliphatic rings. The van der Waals surface area contributed by atoms with Crippen molar-refractivity contribution in [1.82, 2.24) is 5.32 Å². The Kier molecular flexibility index (Phi) is 8.47. The van der Waals surface area contributed by atoms with E-state index in [-0.39, 0.29) is 23.9 Å². The summed E-state index contributed by atoms with van der Waals surface area (Å²) in [4.78, 5) is 13.4. The van der Waals surface area contributed by atoms with Crippen molar-refractivity contribution >= 4 is 38.9 Å². The topological polar surface area (TPSA) is 137 Å². The molecule has 0 bridgehead atoms. The van der Waals surface area contributed by atoms with Crippen molar-refractivity contribution in [2.24, 2.45) is 0 Å². The first-order chi connectivity index (χ1) is 16.9. The van der Waals surface area contributed by atoms with E-state index in [9.17, 15) is 23.4 Å². The molecule has 0 fully saturated rings. The fourth-order valence-corrected chi connectivity index (χ4v) is 4.18. The van der Waals surface area contributed by atoms with Crippen molar-refractivity contribution in [2.75, 3.05) is 29.9 Å². The highest BCUT2D eigenvalue weighted by molar-refractivity contribution is 7.92. The second-order valence-corrected chi connectivity index (χ2v) is 10.5. The lowest BCUT2D eigenvalue weighted by Gasteiger charge is -2.31. The van der Waals surface area contributed by atoms with Gasteiger partial charge < -0.3 is 20.3 Å². The number of nitrogens with one attached hydrogen (secondary N) is 3. The molecule has 5 N–H and O–H groups in total. The predicted octanol–water partition coefficient (Wildman–Crippen LogP) is 3.60. The number of aromatic hydroxyl groups is 1. The second-order valence-electron chi connectivity index (χ2n) is 8.36. The first kappa shape index (κ1) is 27.3. The van der Waals surface area contributed by atoms with E-state index in [2.05, 4.69) is 15.4 Å². The fraction of sp³-hybridized carbons (Fsp3) is 0.240. The van der Waals surface area contributed by atoms with Crippen LogP contribution in [-0.4, -0.2) is 44.4 Å². The number of anilines is 2. The van der Waals surface area contributed by atoms with Crippen LogP contribution in [0, 0.1) is 0 Å². The Labute approximate surface area is 215 Å². The van der Waals surface area contributed by atoms with Gasteiger partial charge in [0, 0.05) is 17.3 Å². The maximum atomic E-state index is 13.4. The summed E-state index contributed by atoms with van der Waals surface area (Å²) in [6, 6.07) is 17.7. The summed E-state index contributed by atoms with van der Waals surface area (Å²) in [5, 5.41) is 27.3. The van der Waals surface area contributed by atoms with E-state index < -0.39 is 21.7 Å². The number of sulfonamides is 1. The van der Waals surface area contributed by atoms with Gasteiger partial charge in [-0.05, 0) is 66.6 Å². The standard InChI is InChI=1S/C25H28ClN3O6S/c1-25(17-5-11-20(35-2)12-6-17,24(32)28-19-9-7-18(26)8-10-19)27-15-23(31)16-4-13-22(30)21(14-16)29-36(3,33)34/h4-14,23,27,29-31H,15H2,1-3H3,(H,28,32)/t23-,25-/m1/s1. The van der Waals surface area contributed by atoms with Gasteiger partial charge in [-0.25, -0.2) is 8.42 Å². The third-order valence-electron chi connectivity index (χ3n) is 5.57. The van der Waals surface area contributed by atoms with Crippen LogP contribution in [0.15, 0.2) is 66.7 Å². The van der Waals surface area contributed by atoms with Gasteiger partial charge in [0.25, 0.3) is 0 Å². The van der Waals surface area contributed by atoms with Crippen LogP contribution in [0.2, 0.25) is 5.02 Å². The molecule has 36 heavy (non-hydrogen) atoms. The number of aliphatic hydroxyl groups is 1. The lowest BCUT2D eigenvalue weighted by molar-refractivity contribution is -0.122. The highest BCUT2D eigenvalue weighted by atomic mass is 35.5. The summed E-state index contributed by atoms with van der Waals surface area (Å²) in [6.45, 7) is 1.61.